The van der Waals surface area contributed by atoms with Crippen molar-refractivity contribution in [2.24, 2.45) is 5.16 Å². The first-order valence-electron chi connectivity index (χ1n) is 3.57. The van der Waals surface area contributed by atoms with E-state index in [1.807, 2.05) is 6.92 Å². The van der Waals surface area contributed by atoms with Gasteiger partial charge in [0.2, 0.25) is 6.10 Å². The first-order valence-corrected chi connectivity index (χ1v) is 3.57. The Bertz CT molecular complexity index is 188. The van der Waals surface area contributed by atoms with E-state index in [2.05, 4.69) is 9.89 Å². The number of carbonyl (C=O) groups excluding carboxylic acids is 1. The van der Waals surface area contributed by atoms with Gasteiger partial charge in [-0.3, -0.25) is 0 Å². The van der Waals surface area contributed by atoms with E-state index in [-0.39, 0.29) is 5.97 Å². The van der Waals surface area contributed by atoms with Gasteiger partial charge in [-0.1, -0.05) is 12.1 Å². The van der Waals surface area contributed by atoms with Crippen LogP contribution in [0.25, 0.3) is 0 Å². The molecule has 1 aliphatic heterocycles. The van der Waals surface area contributed by atoms with Crippen LogP contribution in [0.4, 0.5) is 0 Å². The first kappa shape index (κ1) is 8.04. The lowest BCUT2D eigenvalue weighted by atomic mass is 10.1. The summed E-state index contributed by atoms with van der Waals surface area (Å²) in [6.45, 7) is 1.97. The maximum Gasteiger partial charge on any atom is 0.350 e. The van der Waals surface area contributed by atoms with Gasteiger partial charge in [-0.25, -0.2) is 4.79 Å². The Kier molecular flexibility index (Phi) is 2.46. The van der Waals surface area contributed by atoms with E-state index >= 15 is 0 Å². The summed E-state index contributed by atoms with van der Waals surface area (Å²) in [5.74, 6) is -0.350. The highest BCUT2D eigenvalue weighted by Gasteiger charge is 2.27. The Morgan fingerprint density at radius 2 is 2.64 bits per heavy atom. The molecule has 4 nitrogen and oxygen atoms in total. The van der Waals surface area contributed by atoms with Crippen LogP contribution in [-0.2, 0) is 14.4 Å². The highest BCUT2D eigenvalue weighted by molar-refractivity contribution is 5.90. The second-order valence-electron chi connectivity index (χ2n) is 2.33. The van der Waals surface area contributed by atoms with E-state index < -0.39 is 6.10 Å². The van der Waals surface area contributed by atoms with Crippen molar-refractivity contribution in [2.75, 3.05) is 7.11 Å². The van der Waals surface area contributed by atoms with Crippen LogP contribution >= 0.6 is 0 Å². The quantitative estimate of drug-likeness (QED) is 0.555. The van der Waals surface area contributed by atoms with Gasteiger partial charge in [-0.15, -0.1) is 0 Å². The van der Waals surface area contributed by atoms with Gasteiger partial charge in [-0.2, -0.15) is 0 Å². The average Bonchev–Trinajstić information content (AvgIpc) is 2.50. The molecule has 62 valence electrons. The maximum absolute atomic E-state index is 10.9. The lowest BCUT2D eigenvalue weighted by Crippen LogP contribution is -2.21. The van der Waals surface area contributed by atoms with Crippen LogP contribution in [0.5, 0.6) is 0 Å². The summed E-state index contributed by atoms with van der Waals surface area (Å²) >= 11 is 0. The normalized spacial score (nSPS) is 22.4. The van der Waals surface area contributed by atoms with Crippen LogP contribution in [-0.4, -0.2) is 24.9 Å². The Labute approximate surface area is 65.2 Å². The molecule has 0 aromatic rings. The fraction of sp³-hybridized carbons (Fsp3) is 0.714. The van der Waals surface area contributed by atoms with Gasteiger partial charge in [0.15, 0.2) is 0 Å². The molecule has 1 atom stereocenters. The molecule has 0 aromatic carbocycles. The fourth-order valence-electron chi connectivity index (χ4n) is 0.893. The highest BCUT2D eigenvalue weighted by Crippen LogP contribution is 2.13. The minimum Gasteiger partial charge on any atom is -0.466 e. The third-order valence-electron chi connectivity index (χ3n) is 1.60. The fourth-order valence-corrected chi connectivity index (χ4v) is 0.893. The Morgan fingerprint density at radius 1 is 1.91 bits per heavy atom. The molecule has 0 unspecified atom stereocenters. The molecule has 0 bridgehead atoms. The predicted octanol–water partition coefficient (Wildman–Crippen LogP) is 0.714. The van der Waals surface area contributed by atoms with Crippen LogP contribution in [0.2, 0.25) is 0 Å². The molecule has 0 saturated carbocycles. The van der Waals surface area contributed by atoms with Gasteiger partial charge in [0.25, 0.3) is 0 Å². The molecule has 4 heteroatoms. The summed E-state index contributed by atoms with van der Waals surface area (Å²) in [5.41, 5.74) is 0.917. The summed E-state index contributed by atoms with van der Waals surface area (Å²) in [5, 5.41) is 3.72. The lowest BCUT2D eigenvalue weighted by molar-refractivity contribution is -0.152. The monoisotopic (exact) mass is 157 g/mol. The van der Waals surface area contributed by atoms with Crippen LogP contribution in [0, 0.1) is 0 Å². The number of ether oxygens (including phenoxy) is 1. The third-order valence-corrected chi connectivity index (χ3v) is 1.60. The van der Waals surface area contributed by atoms with Gasteiger partial charge in [0.1, 0.15) is 0 Å². The van der Waals surface area contributed by atoms with Gasteiger partial charge in [-0.05, 0) is 6.42 Å². The van der Waals surface area contributed by atoms with Crippen LogP contribution in [0.1, 0.15) is 19.8 Å². The molecular formula is C7H11NO3. The average molecular weight is 157 g/mol. The summed E-state index contributed by atoms with van der Waals surface area (Å²) < 4.78 is 4.49. The van der Waals surface area contributed by atoms with Gasteiger partial charge in [0, 0.05) is 6.42 Å². The molecule has 0 aliphatic carbocycles. The number of nitrogens with zero attached hydrogens (tertiary/aromatic N) is 1. The zero-order valence-corrected chi connectivity index (χ0v) is 6.66. The molecule has 1 aliphatic rings. The minimum absolute atomic E-state index is 0.350. The van der Waals surface area contributed by atoms with Crippen molar-refractivity contribution >= 4 is 11.7 Å². The van der Waals surface area contributed by atoms with E-state index in [9.17, 15) is 4.79 Å². The van der Waals surface area contributed by atoms with E-state index in [4.69, 9.17) is 4.84 Å². The molecule has 0 radical (unpaired) electrons. The van der Waals surface area contributed by atoms with Gasteiger partial charge < -0.3 is 9.57 Å². The second kappa shape index (κ2) is 3.37. The largest absolute Gasteiger partial charge is 0.466 e. The maximum atomic E-state index is 10.9. The number of carbonyl (C=O) groups is 1. The van der Waals surface area contributed by atoms with E-state index in [1.165, 1.54) is 7.11 Å². The Hall–Kier alpha value is -1.06. The molecule has 11 heavy (non-hydrogen) atoms. The second-order valence-corrected chi connectivity index (χ2v) is 2.33. The molecule has 0 amide bonds. The molecule has 0 N–H and O–H groups in total. The SMILES string of the molecule is CCC1=NO[C@@H](C(=O)OC)C1. The number of hydrogen-bond donors (Lipinski definition) is 0. The van der Waals surface area contributed by atoms with Crippen LogP contribution < -0.4 is 0 Å². The first-order chi connectivity index (χ1) is 5.27. The number of methoxy groups -OCH3 is 1. The van der Waals surface area contributed by atoms with Crippen molar-refractivity contribution in [3.8, 4) is 0 Å². The summed E-state index contributed by atoms with van der Waals surface area (Å²) in [4.78, 5) is 15.7. The number of oxime groups is 1. The predicted molar refractivity (Wildman–Crippen MR) is 39.2 cm³/mol. The Balaban J connectivity index is 2.41. The highest BCUT2D eigenvalue weighted by atomic mass is 16.7. The number of rotatable bonds is 2. The van der Waals surface area contributed by atoms with Crippen LogP contribution in [0.3, 0.4) is 0 Å². The van der Waals surface area contributed by atoms with Crippen molar-refractivity contribution in [1.29, 1.82) is 0 Å². The molecule has 1 heterocycles. The minimum atomic E-state index is -0.505. The van der Waals surface area contributed by atoms with E-state index in [0.29, 0.717) is 6.42 Å². The summed E-state index contributed by atoms with van der Waals surface area (Å²) in [6, 6.07) is 0. The molecule has 0 spiro atoms. The zero-order chi connectivity index (χ0) is 8.27. The number of hydrogen-bond acceptors (Lipinski definition) is 4. The molecule has 0 aromatic heterocycles. The van der Waals surface area contributed by atoms with E-state index in [1.54, 1.807) is 0 Å². The zero-order valence-electron chi connectivity index (χ0n) is 6.66. The van der Waals surface area contributed by atoms with Crippen LogP contribution in [0.15, 0.2) is 5.16 Å². The van der Waals surface area contributed by atoms with Crippen molar-refractivity contribution in [3.05, 3.63) is 0 Å². The summed E-state index contributed by atoms with van der Waals surface area (Å²) in [7, 11) is 1.34. The topological polar surface area (TPSA) is 47.9 Å². The van der Waals surface area contributed by atoms with Gasteiger partial charge >= 0.3 is 5.97 Å². The van der Waals surface area contributed by atoms with Crippen molar-refractivity contribution in [3.63, 3.8) is 0 Å². The molecule has 1 rings (SSSR count). The third kappa shape index (κ3) is 1.69. The van der Waals surface area contributed by atoms with Crippen molar-refractivity contribution < 1.29 is 14.4 Å². The van der Waals surface area contributed by atoms with Crippen molar-refractivity contribution in [1.82, 2.24) is 0 Å². The van der Waals surface area contributed by atoms with E-state index in [0.717, 1.165) is 12.1 Å². The smallest absolute Gasteiger partial charge is 0.350 e. The van der Waals surface area contributed by atoms with Gasteiger partial charge in [0.05, 0.1) is 12.8 Å². The molecule has 0 fully saturated rings. The molecule has 0 saturated heterocycles. The molecular weight excluding hydrogens is 146 g/mol. The van der Waals surface area contributed by atoms with Crippen molar-refractivity contribution in [2.45, 2.75) is 25.9 Å². The number of esters is 1. The lowest BCUT2D eigenvalue weighted by Gasteiger charge is -2.03. The Morgan fingerprint density at radius 3 is 3.09 bits per heavy atom. The standard InChI is InChI=1S/C7H11NO3/c1-3-5-4-6(11-8-5)7(9)10-2/h6H,3-4H2,1-2H3/t6-/m1/s1. The summed E-state index contributed by atoms with van der Waals surface area (Å²) in [6.07, 6.45) is 0.895.